The highest BCUT2D eigenvalue weighted by molar-refractivity contribution is 7.48. The van der Waals surface area contributed by atoms with Crippen molar-refractivity contribution in [1.82, 2.24) is 0 Å². The highest BCUT2D eigenvalue weighted by Gasteiger charge is 2.41. The van der Waals surface area contributed by atoms with E-state index in [4.69, 9.17) is 0 Å². The first-order valence-electron chi connectivity index (χ1n) is 3.33. The lowest BCUT2D eigenvalue weighted by Gasteiger charge is -2.17. The summed E-state index contributed by atoms with van der Waals surface area (Å²) in [5, 5.41) is 0. The minimum absolute atomic E-state index is 2.24. The van der Waals surface area contributed by atoms with Crippen molar-refractivity contribution in [2.24, 2.45) is 0 Å². The molecule has 0 aromatic carbocycles. The number of hydrogen-bond acceptors (Lipinski definition) is 4. The highest BCUT2D eigenvalue weighted by Crippen LogP contribution is 2.53. The Balaban J connectivity index is 4.48. The van der Waals surface area contributed by atoms with Gasteiger partial charge in [0.25, 0.3) is 25.6 Å². The van der Waals surface area contributed by atoms with Gasteiger partial charge in [-0.2, -0.15) is 0 Å². The number of halogens is 7. The Hall–Kier alpha value is -0.380. The van der Waals surface area contributed by atoms with Crippen LogP contribution in [0.2, 0.25) is 0 Å². The van der Waals surface area contributed by atoms with Crippen LogP contribution in [0.1, 0.15) is 0 Å². The first kappa shape index (κ1) is 15.6. The molecule has 0 aliphatic carbocycles. The van der Waals surface area contributed by atoms with Gasteiger partial charge < -0.3 is 0 Å². The second kappa shape index (κ2) is 6.38. The maximum absolute atomic E-state index is 12.1. The zero-order valence-corrected chi connectivity index (χ0v) is 7.93. The molecule has 0 aromatic rings. The maximum atomic E-state index is 12.1. The Morgan fingerprint density at radius 2 is 1.12 bits per heavy atom. The van der Waals surface area contributed by atoms with Gasteiger partial charge in [-0.15, -0.1) is 0 Å². The number of phosphoric ester groups is 1. The lowest BCUT2D eigenvalue weighted by Crippen LogP contribution is -2.20. The van der Waals surface area contributed by atoms with Gasteiger partial charge in [-0.1, -0.05) is 4.73 Å². The van der Waals surface area contributed by atoms with Gasteiger partial charge in [-0.25, -0.2) is 40.0 Å². The van der Waals surface area contributed by atoms with Crippen molar-refractivity contribution in [1.29, 1.82) is 0 Å². The fourth-order valence-electron chi connectivity index (χ4n) is 0.396. The molecule has 0 fully saturated rings. The third kappa shape index (κ3) is 5.10. The van der Waals surface area contributed by atoms with Crippen LogP contribution in [0.5, 0.6) is 0 Å². The van der Waals surface area contributed by atoms with Gasteiger partial charge in [-0.3, -0.25) is 0 Å². The first-order chi connectivity index (χ1) is 7.22. The van der Waals surface area contributed by atoms with Gasteiger partial charge in [0.15, 0.2) is 0 Å². The van der Waals surface area contributed by atoms with Crippen LogP contribution in [0.25, 0.3) is 0 Å². The Kier molecular flexibility index (Phi) is 6.23. The molecule has 0 spiro atoms. The highest BCUT2D eigenvalue weighted by atomic mass is 31.2. The van der Waals surface area contributed by atoms with Crippen molar-refractivity contribution in [3.05, 3.63) is 0 Å². The number of phosphoric acid groups is 1. The van der Waals surface area contributed by atoms with Crippen molar-refractivity contribution >= 4 is 7.82 Å². The molecule has 0 rings (SSSR count). The van der Waals surface area contributed by atoms with E-state index < -0.39 is 33.4 Å². The van der Waals surface area contributed by atoms with Gasteiger partial charge >= 0.3 is 7.82 Å². The zero-order chi connectivity index (χ0) is 12.9. The standard InChI is InChI=1S/C4H4F7O4P/c5-1(6)3(9)13-16(12,15-11)14-4(10)2(7)8/h1-4H. The summed E-state index contributed by atoms with van der Waals surface area (Å²) < 4.78 is 100. The molecule has 0 heterocycles. The summed E-state index contributed by atoms with van der Waals surface area (Å²) in [6.45, 7) is 0. The Morgan fingerprint density at radius 3 is 1.31 bits per heavy atom. The molecule has 4 nitrogen and oxygen atoms in total. The predicted octanol–water partition coefficient (Wildman–Crippen LogP) is 3.15. The molecular weight excluding hydrogens is 276 g/mol. The van der Waals surface area contributed by atoms with Crippen molar-refractivity contribution in [2.45, 2.75) is 25.6 Å². The molecular formula is C4H4F7O4P. The molecule has 12 heteroatoms. The second-order valence-corrected chi connectivity index (χ2v) is 3.55. The van der Waals surface area contributed by atoms with Crippen LogP contribution in [0.4, 0.5) is 30.9 Å². The summed E-state index contributed by atoms with van der Waals surface area (Å²) in [5.74, 6) is 0. The fraction of sp³-hybridized carbons (Fsp3) is 1.00. The van der Waals surface area contributed by atoms with Crippen LogP contribution in [0.3, 0.4) is 0 Å². The van der Waals surface area contributed by atoms with Gasteiger partial charge in [0.1, 0.15) is 0 Å². The van der Waals surface area contributed by atoms with E-state index in [9.17, 15) is 35.4 Å². The van der Waals surface area contributed by atoms with E-state index in [1.807, 2.05) is 0 Å². The SMILES string of the molecule is O=P(OF)(OC(F)C(F)F)OC(F)C(F)F. The predicted molar refractivity (Wildman–Crippen MR) is 33.8 cm³/mol. The molecule has 0 aliphatic rings. The maximum Gasteiger partial charge on any atom is 0.511 e. The first-order valence-corrected chi connectivity index (χ1v) is 4.79. The molecule has 0 saturated heterocycles. The average Bonchev–Trinajstić information content (AvgIpc) is 2.17. The largest absolute Gasteiger partial charge is 0.511 e. The van der Waals surface area contributed by atoms with Crippen LogP contribution in [0.15, 0.2) is 0 Å². The zero-order valence-electron chi connectivity index (χ0n) is 7.04. The Bertz CT molecular complexity index is 231. The summed E-state index contributed by atoms with van der Waals surface area (Å²) in [7, 11) is -5.80. The van der Waals surface area contributed by atoms with Crippen molar-refractivity contribution < 1.29 is 49.2 Å². The summed E-state index contributed by atoms with van der Waals surface area (Å²) in [6.07, 6.45) is -15.0. The molecule has 2 atom stereocenters. The molecule has 16 heavy (non-hydrogen) atoms. The molecule has 0 aromatic heterocycles. The molecule has 0 aliphatic heterocycles. The smallest absolute Gasteiger partial charge is 0.243 e. The van der Waals surface area contributed by atoms with Gasteiger partial charge in [0.05, 0.1) is 0 Å². The minimum atomic E-state index is -5.80. The van der Waals surface area contributed by atoms with E-state index in [1.54, 1.807) is 0 Å². The van der Waals surface area contributed by atoms with E-state index in [2.05, 4.69) is 13.8 Å². The Morgan fingerprint density at radius 1 is 0.812 bits per heavy atom. The van der Waals surface area contributed by atoms with Gasteiger partial charge in [0, 0.05) is 0 Å². The lowest BCUT2D eigenvalue weighted by molar-refractivity contribution is -0.150. The van der Waals surface area contributed by atoms with Crippen LogP contribution in [-0.4, -0.2) is 25.6 Å². The topological polar surface area (TPSA) is 44.8 Å². The molecule has 0 N–H and O–H groups in total. The van der Waals surface area contributed by atoms with Crippen LogP contribution < -0.4 is 0 Å². The summed E-state index contributed by atoms with van der Waals surface area (Å²) >= 11 is 0. The lowest BCUT2D eigenvalue weighted by atomic mass is 10.7. The number of hydrogen-bond donors (Lipinski definition) is 0. The van der Waals surface area contributed by atoms with Gasteiger partial charge in [-0.05, 0) is 4.53 Å². The third-order valence-electron chi connectivity index (χ3n) is 0.940. The number of rotatable bonds is 7. The summed E-state index contributed by atoms with van der Waals surface area (Å²) in [4.78, 5) is 0. The van der Waals surface area contributed by atoms with E-state index >= 15 is 0 Å². The van der Waals surface area contributed by atoms with Gasteiger partial charge in [0.2, 0.25) is 0 Å². The summed E-state index contributed by atoms with van der Waals surface area (Å²) in [6, 6.07) is 0. The van der Waals surface area contributed by atoms with Crippen molar-refractivity contribution in [3.8, 4) is 0 Å². The normalized spacial score (nSPS) is 19.8. The molecule has 0 bridgehead atoms. The quantitative estimate of drug-likeness (QED) is 0.530. The summed E-state index contributed by atoms with van der Waals surface area (Å²) in [5.41, 5.74) is 0. The fourth-order valence-corrected chi connectivity index (χ4v) is 1.19. The van der Waals surface area contributed by atoms with Crippen molar-refractivity contribution in [2.75, 3.05) is 0 Å². The van der Waals surface area contributed by atoms with E-state index in [-0.39, 0.29) is 0 Å². The Labute approximate surface area is 83.8 Å². The molecule has 0 saturated carbocycles. The number of alkyl halides is 6. The minimum Gasteiger partial charge on any atom is -0.243 e. The monoisotopic (exact) mass is 280 g/mol. The average molecular weight is 280 g/mol. The van der Waals surface area contributed by atoms with E-state index in [1.165, 1.54) is 0 Å². The molecule has 2 unspecified atom stereocenters. The molecule has 0 radical (unpaired) electrons. The van der Waals surface area contributed by atoms with Crippen LogP contribution in [-0.2, 0) is 18.3 Å². The third-order valence-corrected chi connectivity index (χ3v) is 2.03. The van der Waals surface area contributed by atoms with Crippen molar-refractivity contribution in [3.63, 3.8) is 0 Å². The van der Waals surface area contributed by atoms with E-state index in [0.717, 1.165) is 0 Å². The molecule has 0 amide bonds. The van der Waals surface area contributed by atoms with Crippen LogP contribution >= 0.6 is 7.82 Å². The molecule has 98 valence electrons. The van der Waals surface area contributed by atoms with Crippen LogP contribution in [0, 0.1) is 0 Å². The van der Waals surface area contributed by atoms with E-state index in [0.29, 0.717) is 0 Å². The second-order valence-electron chi connectivity index (χ2n) is 2.10.